The third-order valence-corrected chi connectivity index (χ3v) is 6.17. The van der Waals surface area contributed by atoms with E-state index in [0.717, 1.165) is 19.4 Å². The Morgan fingerprint density at radius 2 is 2.06 bits per heavy atom. The van der Waals surface area contributed by atoms with E-state index in [1.54, 1.807) is 6.07 Å². The zero-order valence-corrected chi connectivity index (χ0v) is 19.8. The molecule has 184 valence electrons. The fourth-order valence-electron chi connectivity index (χ4n) is 4.39. The van der Waals surface area contributed by atoms with E-state index in [-0.39, 0.29) is 60.5 Å². The van der Waals surface area contributed by atoms with Gasteiger partial charge >= 0.3 is 0 Å². The lowest BCUT2D eigenvalue weighted by molar-refractivity contribution is -0.125. The minimum atomic E-state index is -2.80. The minimum absolute atomic E-state index is 0.0212. The van der Waals surface area contributed by atoms with Crippen molar-refractivity contribution >= 4 is 23.2 Å². The molecule has 1 saturated carbocycles. The van der Waals surface area contributed by atoms with Gasteiger partial charge in [0.25, 0.3) is 12.3 Å². The predicted molar refractivity (Wildman–Crippen MR) is 124 cm³/mol. The highest BCUT2D eigenvalue weighted by molar-refractivity contribution is 5.97. The second kappa shape index (κ2) is 10.9. The summed E-state index contributed by atoms with van der Waals surface area (Å²) in [6.45, 7) is 8.36. The summed E-state index contributed by atoms with van der Waals surface area (Å²) >= 11 is 0. The smallest absolute Gasteiger partial charge is 0.265 e. The molecule has 2 aliphatic rings. The van der Waals surface area contributed by atoms with Crippen molar-refractivity contribution in [1.82, 2.24) is 4.90 Å². The Balaban J connectivity index is 1.78. The summed E-state index contributed by atoms with van der Waals surface area (Å²) in [5.74, 6) is -0.113. The molecule has 0 radical (unpaired) electrons. The molecule has 3 N–H and O–H groups in total. The van der Waals surface area contributed by atoms with Crippen LogP contribution < -0.4 is 16.0 Å². The maximum absolute atomic E-state index is 13.8. The van der Waals surface area contributed by atoms with Gasteiger partial charge in [-0.25, -0.2) is 8.78 Å². The Kier molecular flexibility index (Phi) is 8.42. The number of nitrogens with zero attached hydrogens (tertiary/aromatic N) is 2. The van der Waals surface area contributed by atoms with Gasteiger partial charge in [-0.2, -0.15) is 0 Å². The van der Waals surface area contributed by atoms with Crippen LogP contribution in [0, 0.1) is 11.3 Å². The van der Waals surface area contributed by atoms with Gasteiger partial charge in [0, 0.05) is 37.4 Å². The third kappa shape index (κ3) is 6.71. The molecule has 1 saturated heterocycles. The number of nitrogens with one attached hydrogen (secondary N) is 1. The monoisotopic (exact) mass is 466 g/mol. The standard InChI is InChI=1S/C24H36F2N4O3/c1-24(2,3)15-29(13-16-5-4-6-16)20(12-27)23(32)28-17-7-8-19(18(11-17)22(25)26)30-9-10-33-14-21(30)31/h7-8,11,16,20,22H,4-6,9-10,12-15,27H2,1-3H3,(H,28,32)/t20-/m1/s1. The third-order valence-electron chi connectivity index (χ3n) is 6.17. The Labute approximate surface area is 194 Å². The molecule has 0 aromatic heterocycles. The predicted octanol–water partition coefficient (Wildman–Crippen LogP) is 3.40. The number of nitrogens with two attached hydrogens (primary N) is 1. The molecule has 1 heterocycles. The Hall–Kier alpha value is -2.10. The van der Waals surface area contributed by atoms with E-state index < -0.39 is 12.5 Å². The van der Waals surface area contributed by atoms with Gasteiger partial charge in [0.05, 0.1) is 12.3 Å². The molecular formula is C24H36F2N4O3. The number of morpholine rings is 1. The van der Waals surface area contributed by atoms with E-state index >= 15 is 0 Å². The van der Waals surface area contributed by atoms with E-state index in [2.05, 4.69) is 31.0 Å². The summed E-state index contributed by atoms with van der Waals surface area (Å²) in [5, 5.41) is 2.78. The highest BCUT2D eigenvalue weighted by Gasteiger charge is 2.32. The van der Waals surface area contributed by atoms with Crippen LogP contribution in [0.2, 0.25) is 0 Å². The van der Waals surface area contributed by atoms with Crippen molar-refractivity contribution in [3.05, 3.63) is 23.8 Å². The summed E-state index contributed by atoms with van der Waals surface area (Å²) in [5.41, 5.74) is 6.11. The Morgan fingerprint density at radius 1 is 1.33 bits per heavy atom. The van der Waals surface area contributed by atoms with Crippen LogP contribution in [0.5, 0.6) is 0 Å². The van der Waals surface area contributed by atoms with Crippen LogP contribution in [-0.2, 0) is 14.3 Å². The zero-order valence-electron chi connectivity index (χ0n) is 19.8. The van der Waals surface area contributed by atoms with Gasteiger partial charge in [-0.05, 0) is 42.4 Å². The topological polar surface area (TPSA) is 87.9 Å². The number of carbonyl (C=O) groups excluding carboxylic acids is 2. The van der Waals surface area contributed by atoms with Crippen molar-refractivity contribution < 1.29 is 23.1 Å². The van der Waals surface area contributed by atoms with Crippen LogP contribution in [-0.4, -0.2) is 62.1 Å². The fraction of sp³-hybridized carbons (Fsp3) is 0.667. The second-order valence-corrected chi connectivity index (χ2v) is 10.2. The van der Waals surface area contributed by atoms with E-state index in [0.29, 0.717) is 12.5 Å². The zero-order chi connectivity index (χ0) is 24.2. The molecule has 2 fully saturated rings. The fourth-order valence-corrected chi connectivity index (χ4v) is 4.39. The van der Waals surface area contributed by atoms with E-state index in [9.17, 15) is 18.4 Å². The Morgan fingerprint density at radius 3 is 2.61 bits per heavy atom. The first-order valence-corrected chi connectivity index (χ1v) is 11.6. The van der Waals surface area contributed by atoms with E-state index in [1.165, 1.54) is 23.5 Å². The molecule has 0 bridgehead atoms. The van der Waals surface area contributed by atoms with Gasteiger partial charge in [0.1, 0.15) is 12.6 Å². The van der Waals surface area contributed by atoms with Crippen LogP contribution in [0.4, 0.5) is 20.2 Å². The lowest BCUT2D eigenvalue weighted by atomic mass is 9.84. The minimum Gasteiger partial charge on any atom is -0.370 e. The average molecular weight is 467 g/mol. The maximum Gasteiger partial charge on any atom is 0.265 e. The SMILES string of the molecule is CC(C)(C)CN(CC1CCC1)[C@H](CN)C(=O)Nc1ccc(N2CCOCC2=O)c(C(F)F)c1. The van der Waals surface area contributed by atoms with Crippen molar-refractivity contribution in [2.75, 3.05) is 49.6 Å². The van der Waals surface area contributed by atoms with Crippen LogP contribution in [0.25, 0.3) is 0 Å². The van der Waals surface area contributed by atoms with Crippen molar-refractivity contribution in [3.63, 3.8) is 0 Å². The number of anilines is 2. The quantitative estimate of drug-likeness (QED) is 0.582. The number of hydrogen-bond acceptors (Lipinski definition) is 5. The molecule has 0 spiro atoms. The first-order chi connectivity index (χ1) is 15.6. The van der Waals surface area contributed by atoms with Gasteiger partial charge in [-0.15, -0.1) is 0 Å². The second-order valence-electron chi connectivity index (χ2n) is 10.2. The number of carbonyl (C=O) groups is 2. The van der Waals surface area contributed by atoms with Crippen LogP contribution in [0.1, 0.15) is 52.0 Å². The number of rotatable bonds is 9. The summed E-state index contributed by atoms with van der Waals surface area (Å²) in [4.78, 5) is 28.8. The first kappa shape index (κ1) is 25.5. The van der Waals surface area contributed by atoms with Gasteiger partial charge in [0.15, 0.2) is 0 Å². The van der Waals surface area contributed by atoms with Crippen molar-refractivity contribution in [1.29, 1.82) is 0 Å². The lowest BCUT2D eigenvalue weighted by Gasteiger charge is -2.39. The van der Waals surface area contributed by atoms with Gasteiger partial charge in [-0.1, -0.05) is 27.2 Å². The number of ether oxygens (including phenoxy) is 1. The van der Waals surface area contributed by atoms with Crippen LogP contribution in [0.15, 0.2) is 18.2 Å². The van der Waals surface area contributed by atoms with Gasteiger partial charge < -0.3 is 20.7 Å². The molecule has 3 rings (SSSR count). The summed E-state index contributed by atoms with van der Waals surface area (Å²) in [6.07, 6.45) is 0.716. The van der Waals surface area contributed by atoms with Gasteiger partial charge in [0.2, 0.25) is 5.91 Å². The average Bonchev–Trinajstić information content (AvgIpc) is 2.70. The molecule has 1 aliphatic heterocycles. The van der Waals surface area contributed by atoms with Crippen LogP contribution >= 0.6 is 0 Å². The largest absolute Gasteiger partial charge is 0.370 e. The molecule has 1 aliphatic carbocycles. The molecular weight excluding hydrogens is 430 g/mol. The normalized spacial score (nSPS) is 18.5. The molecule has 1 aromatic rings. The first-order valence-electron chi connectivity index (χ1n) is 11.6. The number of alkyl halides is 2. The molecule has 1 atom stereocenters. The van der Waals surface area contributed by atoms with Crippen molar-refractivity contribution in [2.45, 2.75) is 52.5 Å². The lowest BCUT2D eigenvalue weighted by Crippen LogP contribution is -2.53. The number of halogens is 2. The molecule has 9 heteroatoms. The number of amides is 2. The summed E-state index contributed by atoms with van der Waals surface area (Å²) in [7, 11) is 0. The van der Waals surface area contributed by atoms with Crippen LogP contribution in [0.3, 0.4) is 0 Å². The molecule has 0 unspecified atom stereocenters. The highest BCUT2D eigenvalue weighted by Crippen LogP contribution is 2.34. The van der Waals surface area contributed by atoms with Gasteiger partial charge in [-0.3, -0.25) is 14.5 Å². The molecule has 33 heavy (non-hydrogen) atoms. The Bertz CT molecular complexity index is 839. The molecule has 1 aromatic carbocycles. The highest BCUT2D eigenvalue weighted by atomic mass is 19.3. The molecule has 7 nitrogen and oxygen atoms in total. The van der Waals surface area contributed by atoms with Crippen molar-refractivity contribution in [3.8, 4) is 0 Å². The summed E-state index contributed by atoms with van der Waals surface area (Å²) in [6, 6.07) is 3.70. The maximum atomic E-state index is 13.8. The van der Waals surface area contributed by atoms with E-state index in [1.807, 2.05) is 0 Å². The molecule has 2 amide bonds. The number of benzene rings is 1. The van der Waals surface area contributed by atoms with Crippen molar-refractivity contribution in [2.24, 2.45) is 17.1 Å². The van der Waals surface area contributed by atoms with E-state index in [4.69, 9.17) is 10.5 Å². The summed E-state index contributed by atoms with van der Waals surface area (Å²) < 4.78 is 32.8. The number of hydrogen-bond donors (Lipinski definition) is 2.